The quantitative estimate of drug-likeness (QED) is 0.289. The molecule has 5 nitrogen and oxygen atoms in total. The van der Waals surface area contributed by atoms with Crippen LogP contribution in [0.4, 0.5) is 0 Å². The number of aliphatic hydroxyl groups is 1. The zero-order chi connectivity index (χ0) is 14.1. The molecule has 1 amide bonds. The highest BCUT2D eigenvalue weighted by Gasteiger charge is 2.05. The Kier molecular flexibility index (Phi) is 7.32. The Hall–Kier alpha value is -1.24. The summed E-state index contributed by atoms with van der Waals surface area (Å²) in [5.41, 5.74) is 2.56. The molecule has 0 spiro atoms. The van der Waals surface area contributed by atoms with Crippen molar-refractivity contribution in [3.63, 3.8) is 0 Å². The molecule has 19 heavy (non-hydrogen) atoms. The minimum absolute atomic E-state index is 0.214. The number of thioether (sulfide) groups is 1. The highest BCUT2D eigenvalue weighted by molar-refractivity contribution is 7.99. The summed E-state index contributed by atoms with van der Waals surface area (Å²) < 4.78 is 5.57. The Labute approximate surface area is 117 Å². The van der Waals surface area contributed by atoms with Crippen LogP contribution in [0.1, 0.15) is 23.7 Å². The fourth-order valence-electron chi connectivity index (χ4n) is 1.48. The third-order valence-electron chi connectivity index (χ3n) is 2.52. The fraction of sp³-hybridized carbons (Fsp3) is 0.462. The largest absolute Gasteiger partial charge is 0.493 e. The second kappa shape index (κ2) is 8.79. The van der Waals surface area contributed by atoms with Gasteiger partial charge in [0.05, 0.1) is 6.61 Å². The van der Waals surface area contributed by atoms with E-state index in [1.54, 1.807) is 36.0 Å². The molecule has 0 aromatic heterocycles. The number of ether oxygens (including phenoxy) is 1. The van der Waals surface area contributed by atoms with Crippen LogP contribution in [0.25, 0.3) is 0 Å². The molecule has 0 saturated heterocycles. The lowest BCUT2D eigenvalue weighted by Gasteiger charge is -2.10. The molecule has 0 aliphatic heterocycles. The third kappa shape index (κ3) is 5.96. The number of carbonyl (C=O) groups is 1. The molecular formula is C13H20N2O3S. The first-order valence-electron chi connectivity index (χ1n) is 6.13. The van der Waals surface area contributed by atoms with E-state index in [2.05, 4.69) is 12.3 Å². The van der Waals surface area contributed by atoms with Crippen molar-refractivity contribution >= 4 is 17.7 Å². The summed E-state index contributed by atoms with van der Waals surface area (Å²) >= 11 is 1.75. The van der Waals surface area contributed by atoms with Crippen molar-refractivity contribution in [1.29, 1.82) is 0 Å². The van der Waals surface area contributed by atoms with Crippen molar-refractivity contribution < 1.29 is 14.6 Å². The normalized spacial score (nSPS) is 11.9. The van der Waals surface area contributed by atoms with E-state index in [-0.39, 0.29) is 12.5 Å². The van der Waals surface area contributed by atoms with Crippen molar-refractivity contribution in [2.45, 2.75) is 18.6 Å². The summed E-state index contributed by atoms with van der Waals surface area (Å²) in [5.74, 6) is 6.23. The zero-order valence-corrected chi connectivity index (χ0v) is 11.8. The van der Waals surface area contributed by atoms with Crippen molar-refractivity contribution in [1.82, 2.24) is 5.43 Å². The van der Waals surface area contributed by atoms with Gasteiger partial charge in [0.25, 0.3) is 5.91 Å². The summed E-state index contributed by atoms with van der Waals surface area (Å²) in [4.78, 5) is 11.3. The van der Waals surface area contributed by atoms with E-state index >= 15 is 0 Å². The molecule has 4 N–H and O–H groups in total. The van der Waals surface area contributed by atoms with Gasteiger partial charge in [0, 0.05) is 23.2 Å². The summed E-state index contributed by atoms with van der Waals surface area (Å²) in [6.45, 7) is 2.85. The molecule has 6 heteroatoms. The highest BCUT2D eigenvalue weighted by Crippen LogP contribution is 2.16. The zero-order valence-electron chi connectivity index (χ0n) is 11.0. The van der Waals surface area contributed by atoms with Gasteiger partial charge in [-0.05, 0) is 24.6 Å². The maximum absolute atomic E-state index is 11.3. The van der Waals surface area contributed by atoms with E-state index in [0.717, 1.165) is 12.2 Å². The van der Waals surface area contributed by atoms with Gasteiger partial charge in [-0.15, -0.1) is 0 Å². The molecule has 0 radical (unpaired) electrons. The van der Waals surface area contributed by atoms with Crippen LogP contribution in [0.15, 0.2) is 24.3 Å². The van der Waals surface area contributed by atoms with Gasteiger partial charge in [-0.1, -0.05) is 13.0 Å². The van der Waals surface area contributed by atoms with Crippen molar-refractivity contribution in [2.75, 3.05) is 19.0 Å². The Bertz CT molecular complexity index is 401. The Morgan fingerprint density at radius 3 is 3.05 bits per heavy atom. The number of amides is 1. The minimum atomic E-state index is -0.337. The van der Waals surface area contributed by atoms with Crippen LogP contribution in [-0.4, -0.2) is 35.2 Å². The molecule has 1 rings (SSSR count). The molecule has 1 aromatic rings. The van der Waals surface area contributed by atoms with Gasteiger partial charge in [0.2, 0.25) is 0 Å². The molecule has 0 aliphatic carbocycles. The summed E-state index contributed by atoms with van der Waals surface area (Å²) in [6, 6.07) is 6.88. The number of nitrogen functional groups attached to an aromatic ring is 1. The van der Waals surface area contributed by atoms with Crippen molar-refractivity contribution in [3.05, 3.63) is 29.8 Å². The third-order valence-corrected chi connectivity index (χ3v) is 3.72. The predicted molar refractivity (Wildman–Crippen MR) is 77.2 cm³/mol. The Morgan fingerprint density at radius 2 is 2.37 bits per heavy atom. The maximum atomic E-state index is 11.3. The molecule has 0 saturated carbocycles. The molecule has 0 fully saturated rings. The van der Waals surface area contributed by atoms with E-state index in [9.17, 15) is 4.79 Å². The maximum Gasteiger partial charge on any atom is 0.265 e. The molecule has 1 atom stereocenters. The van der Waals surface area contributed by atoms with Gasteiger partial charge in [0.15, 0.2) is 0 Å². The number of carbonyl (C=O) groups excluding carboxylic acids is 1. The lowest BCUT2D eigenvalue weighted by molar-refractivity contribution is 0.0953. The first kappa shape index (κ1) is 15.8. The summed E-state index contributed by atoms with van der Waals surface area (Å²) in [7, 11) is 0. The molecule has 1 unspecified atom stereocenters. The number of rotatable bonds is 8. The molecule has 0 aliphatic rings. The monoisotopic (exact) mass is 284 g/mol. The molecular weight excluding hydrogens is 264 g/mol. The first-order chi connectivity index (χ1) is 9.17. The number of benzene rings is 1. The van der Waals surface area contributed by atoms with Gasteiger partial charge >= 0.3 is 0 Å². The SMILES string of the molecule is CC(CCO)SCCOc1cccc(C(=O)NN)c1. The number of hydrogen-bond acceptors (Lipinski definition) is 5. The highest BCUT2D eigenvalue weighted by atomic mass is 32.2. The first-order valence-corrected chi connectivity index (χ1v) is 7.18. The average molecular weight is 284 g/mol. The number of nitrogens with one attached hydrogen (secondary N) is 1. The van der Waals surface area contributed by atoms with E-state index in [4.69, 9.17) is 15.7 Å². The number of hydrogen-bond donors (Lipinski definition) is 3. The van der Waals surface area contributed by atoms with Gasteiger partial charge in [-0.2, -0.15) is 11.8 Å². The fourth-order valence-corrected chi connectivity index (χ4v) is 2.34. The van der Waals surface area contributed by atoms with Crippen LogP contribution in [0, 0.1) is 0 Å². The van der Waals surface area contributed by atoms with Crippen LogP contribution in [0.2, 0.25) is 0 Å². The molecule has 0 bridgehead atoms. The van der Waals surface area contributed by atoms with Crippen LogP contribution in [0.3, 0.4) is 0 Å². The van der Waals surface area contributed by atoms with E-state index < -0.39 is 0 Å². The number of hydrazine groups is 1. The van der Waals surface area contributed by atoms with Crippen LogP contribution in [-0.2, 0) is 0 Å². The average Bonchev–Trinajstić information content (AvgIpc) is 2.43. The second-order valence-electron chi connectivity index (χ2n) is 4.04. The smallest absolute Gasteiger partial charge is 0.265 e. The number of aliphatic hydroxyl groups excluding tert-OH is 1. The van der Waals surface area contributed by atoms with E-state index in [0.29, 0.717) is 23.2 Å². The van der Waals surface area contributed by atoms with Crippen LogP contribution in [0.5, 0.6) is 5.75 Å². The van der Waals surface area contributed by atoms with Gasteiger partial charge < -0.3 is 9.84 Å². The van der Waals surface area contributed by atoms with E-state index in [1.165, 1.54) is 0 Å². The van der Waals surface area contributed by atoms with Gasteiger partial charge in [0.1, 0.15) is 5.75 Å². The van der Waals surface area contributed by atoms with E-state index in [1.807, 2.05) is 0 Å². The lowest BCUT2D eigenvalue weighted by Crippen LogP contribution is -2.29. The number of nitrogens with two attached hydrogens (primary N) is 1. The summed E-state index contributed by atoms with van der Waals surface area (Å²) in [6.07, 6.45) is 0.789. The van der Waals surface area contributed by atoms with Gasteiger partial charge in [-0.25, -0.2) is 5.84 Å². The van der Waals surface area contributed by atoms with Gasteiger partial charge in [-0.3, -0.25) is 10.2 Å². The Morgan fingerprint density at radius 1 is 1.58 bits per heavy atom. The molecule has 0 heterocycles. The predicted octanol–water partition coefficient (Wildman–Crippen LogP) is 1.17. The second-order valence-corrected chi connectivity index (χ2v) is 5.59. The van der Waals surface area contributed by atoms with Crippen LogP contribution >= 0.6 is 11.8 Å². The minimum Gasteiger partial charge on any atom is -0.493 e. The summed E-state index contributed by atoms with van der Waals surface area (Å²) in [5, 5.41) is 9.20. The lowest BCUT2D eigenvalue weighted by atomic mass is 10.2. The molecule has 1 aromatic carbocycles. The van der Waals surface area contributed by atoms with Crippen molar-refractivity contribution in [2.24, 2.45) is 5.84 Å². The standard InChI is InChI=1S/C13H20N2O3S/c1-10(5-6-16)19-8-7-18-12-4-2-3-11(9-12)13(17)15-14/h2-4,9-10,16H,5-8,14H2,1H3,(H,15,17). The van der Waals surface area contributed by atoms with Crippen molar-refractivity contribution in [3.8, 4) is 5.75 Å². The Balaban J connectivity index is 2.35. The topological polar surface area (TPSA) is 84.6 Å². The molecule has 106 valence electrons. The van der Waals surface area contributed by atoms with Crippen LogP contribution < -0.4 is 16.0 Å².